The van der Waals surface area contributed by atoms with Crippen LogP contribution in [0.5, 0.6) is 17.2 Å². The van der Waals surface area contributed by atoms with Gasteiger partial charge in [-0.2, -0.15) is 0 Å². The zero-order valence-corrected chi connectivity index (χ0v) is 19.4. The van der Waals surface area contributed by atoms with Gasteiger partial charge in [-0.1, -0.05) is 6.42 Å². The number of ketones is 1. The van der Waals surface area contributed by atoms with Crippen molar-refractivity contribution in [3.8, 4) is 17.2 Å². The Hall–Kier alpha value is -3.25. The van der Waals surface area contributed by atoms with Crippen LogP contribution < -0.4 is 9.47 Å². The van der Waals surface area contributed by atoms with Crippen molar-refractivity contribution < 1.29 is 19.4 Å². The number of nitrogens with zero attached hydrogens (tertiary/aromatic N) is 2. The van der Waals surface area contributed by atoms with Crippen LogP contribution in [0.4, 0.5) is 0 Å². The van der Waals surface area contributed by atoms with Gasteiger partial charge in [-0.15, -0.1) is 0 Å². The van der Waals surface area contributed by atoms with Crippen LogP contribution in [0.2, 0.25) is 0 Å². The van der Waals surface area contributed by atoms with Gasteiger partial charge in [0.25, 0.3) is 0 Å². The van der Waals surface area contributed by atoms with Crippen LogP contribution in [0, 0.1) is 0 Å². The van der Waals surface area contributed by atoms with Gasteiger partial charge in [-0.05, 0) is 69.6 Å². The summed E-state index contributed by atoms with van der Waals surface area (Å²) < 4.78 is 13.7. The molecule has 172 valence electrons. The minimum Gasteiger partial charge on any atom is -0.507 e. The van der Waals surface area contributed by atoms with E-state index in [1.165, 1.54) is 6.42 Å². The first-order valence-electron chi connectivity index (χ1n) is 11.7. The minimum absolute atomic E-state index is 0.154. The molecule has 1 aromatic heterocycles. The number of hydrogen-bond acceptors (Lipinski definition) is 5. The topological polar surface area (TPSA) is 63.9 Å². The summed E-state index contributed by atoms with van der Waals surface area (Å²) in [5.41, 5.74) is 3.18. The second-order valence-electron chi connectivity index (χ2n) is 8.95. The van der Waals surface area contributed by atoms with Crippen LogP contribution in [-0.2, 0) is 13.1 Å². The van der Waals surface area contributed by atoms with Crippen molar-refractivity contribution in [2.24, 2.45) is 0 Å². The molecule has 3 aromatic rings. The van der Waals surface area contributed by atoms with Gasteiger partial charge >= 0.3 is 0 Å². The van der Waals surface area contributed by atoms with E-state index in [1.807, 2.05) is 24.4 Å². The number of aromatic nitrogens is 1. The molecule has 3 heterocycles. The summed E-state index contributed by atoms with van der Waals surface area (Å²) >= 11 is 0. The molecule has 1 fully saturated rings. The Kier molecular flexibility index (Phi) is 5.62. The fraction of sp³-hybridized carbons (Fsp3) is 0.370. The number of carbonyl (C=O) groups is 1. The number of fused-ring (bicyclic) bond motifs is 2. The molecule has 1 atom stereocenters. The maximum absolute atomic E-state index is 13.2. The maximum atomic E-state index is 13.2. The molecule has 0 radical (unpaired) electrons. The number of benzene rings is 2. The average molecular weight is 447 g/mol. The molecule has 0 aliphatic carbocycles. The summed E-state index contributed by atoms with van der Waals surface area (Å²) in [6.45, 7) is 6.67. The number of methoxy groups -OCH3 is 1. The molecule has 6 nitrogen and oxygen atoms in total. The van der Waals surface area contributed by atoms with E-state index in [4.69, 9.17) is 9.47 Å². The molecule has 0 amide bonds. The number of hydrogen-bond donors (Lipinski definition) is 1. The Morgan fingerprint density at radius 2 is 2.09 bits per heavy atom. The van der Waals surface area contributed by atoms with Crippen LogP contribution in [0.15, 0.2) is 42.3 Å². The highest BCUT2D eigenvalue weighted by Gasteiger charge is 2.32. The van der Waals surface area contributed by atoms with Crippen molar-refractivity contribution in [1.82, 2.24) is 9.47 Å². The van der Waals surface area contributed by atoms with Crippen molar-refractivity contribution in [3.63, 3.8) is 0 Å². The number of aryl methyl sites for hydroxylation is 1. The van der Waals surface area contributed by atoms with Gasteiger partial charge < -0.3 is 19.1 Å². The number of phenolic OH excluding ortho intramolecular Hbond substituents is 1. The fourth-order valence-electron chi connectivity index (χ4n) is 4.99. The molecule has 33 heavy (non-hydrogen) atoms. The third-order valence-electron chi connectivity index (χ3n) is 6.96. The predicted molar refractivity (Wildman–Crippen MR) is 129 cm³/mol. The summed E-state index contributed by atoms with van der Waals surface area (Å²) in [6.07, 6.45) is 7.36. The predicted octanol–water partition coefficient (Wildman–Crippen LogP) is 5.37. The van der Waals surface area contributed by atoms with Crippen LogP contribution in [0.25, 0.3) is 17.0 Å². The summed E-state index contributed by atoms with van der Waals surface area (Å²) in [6, 6.07) is 9.67. The second-order valence-corrected chi connectivity index (χ2v) is 8.95. The van der Waals surface area contributed by atoms with Gasteiger partial charge in [0, 0.05) is 41.8 Å². The largest absolute Gasteiger partial charge is 0.507 e. The van der Waals surface area contributed by atoms with Gasteiger partial charge in [0.1, 0.15) is 17.2 Å². The molecular weight excluding hydrogens is 416 g/mol. The van der Waals surface area contributed by atoms with E-state index in [0.29, 0.717) is 29.5 Å². The highest BCUT2D eigenvalue weighted by Crippen LogP contribution is 2.41. The van der Waals surface area contributed by atoms with Gasteiger partial charge in [0.15, 0.2) is 5.76 Å². The highest BCUT2D eigenvalue weighted by molar-refractivity contribution is 6.15. The van der Waals surface area contributed by atoms with Crippen molar-refractivity contribution in [2.45, 2.75) is 52.2 Å². The Morgan fingerprint density at radius 3 is 2.85 bits per heavy atom. The molecule has 2 aliphatic heterocycles. The Bertz CT molecular complexity index is 1260. The van der Waals surface area contributed by atoms with Gasteiger partial charge in [0.05, 0.1) is 18.2 Å². The van der Waals surface area contributed by atoms with Crippen molar-refractivity contribution in [3.05, 3.63) is 59.0 Å². The first-order chi connectivity index (χ1) is 16.0. The lowest BCUT2D eigenvalue weighted by molar-refractivity contribution is 0.101. The van der Waals surface area contributed by atoms with E-state index >= 15 is 0 Å². The Labute approximate surface area is 194 Å². The number of likely N-dealkylation sites (tertiary alicyclic amines) is 1. The number of rotatable bonds is 5. The monoisotopic (exact) mass is 446 g/mol. The summed E-state index contributed by atoms with van der Waals surface area (Å²) in [7, 11) is 1.65. The molecule has 6 heteroatoms. The summed E-state index contributed by atoms with van der Waals surface area (Å²) in [5.74, 6) is 1.55. The van der Waals surface area contributed by atoms with E-state index in [0.717, 1.165) is 48.1 Å². The molecule has 2 aromatic carbocycles. The highest BCUT2D eigenvalue weighted by atomic mass is 16.5. The number of allylic oxidation sites excluding steroid dienone is 1. The first-order valence-corrected chi connectivity index (χ1v) is 11.7. The van der Waals surface area contributed by atoms with E-state index < -0.39 is 0 Å². The quantitative estimate of drug-likeness (QED) is 0.534. The lowest BCUT2D eigenvalue weighted by atomic mass is 10.0. The molecule has 0 bridgehead atoms. The third kappa shape index (κ3) is 3.78. The lowest BCUT2D eigenvalue weighted by Gasteiger charge is -2.33. The van der Waals surface area contributed by atoms with Crippen molar-refractivity contribution >= 4 is 22.8 Å². The number of piperidine rings is 1. The summed E-state index contributed by atoms with van der Waals surface area (Å²) in [5, 5.41) is 11.6. The molecule has 0 saturated carbocycles. The maximum Gasteiger partial charge on any atom is 0.231 e. The van der Waals surface area contributed by atoms with Crippen LogP contribution in [-0.4, -0.2) is 40.1 Å². The normalized spacial score (nSPS) is 19.8. The standard InChI is InChI=1S/C27H30N2O4/c1-4-28-15-18(21-14-19(32-3)8-10-23(21)28)13-25-26(31)20-9-11-24(30)22(27(20)33-25)16-29-12-6-5-7-17(29)2/h8-11,13-15,17,30H,4-7,12,16H2,1-3H3/b25-13+/t17-/m0/s1. The zero-order valence-electron chi connectivity index (χ0n) is 19.4. The SMILES string of the molecule is CCn1cc(/C=C2/Oc3c(ccc(O)c3CN3CCCC[C@@H]3C)C2=O)c2cc(OC)ccc21. The number of aromatic hydroxyl groups is 1. The van der Waals surface area contributed by atoms with Crippen LogP contribution in [0.3, 0.4) is 0 Å². The fourth-order valence-corrected chi connectivity index (χ4v) is 4.99. The molecule has 0 spiro atoms. The van der Waals surface area contributed by atoms with Crippen LogP contribution >= 0.6 is 0 Å². The summed E-state index contributed by atoms with van der Waals surface area (Å²) in [4.78, 5) is 15.6. The zero-order chi connectivity index (χ0) is 23.1. The molecule has 1 saturated heterocycles. The third-order valence-corrected chi connectivity index (χ3v) is 6.96. The molecule has 5 rings (SSSR count). The average Bonchev–Trinajstić information content (AvgIpc) is 3.34. The van der Waals surface area contributed by atoms with Crippen molar-refractivity contribution in [2.75, 3.05) is 13.7 Å². The van der Waals surface area contributed by atoms with Crippen molar-refractivity contribution in [1.29, 1.82) is 0 Å². The number of carbonyl (C=O) groups excluding carboxylic acids is 1. The smallest absolute Gasteiger partial charge is 0.231 e. The molecule has 1 N–H and O–H groups in total. The van der Waals surface area contributed by atoms with E-state index in [-0.39, 0.29) is 17.3 Å². The van der Waals surface area contributed by atoms with Crippen LogP contribution in [0.1, 0.15) is 54.6 Å². The van der Waals surface area contributed by atoms with E-state index in [9.17, 15) is 9.90 Å². The minimum atomic E-state index is -0.154. The molecular formula is C27H30N2O4. The van der Waals surface area contributed by atoms with E-state index in [1.54, 1.807) is 25.3 Å². The Balaban J connectivity index is 1.53. The number of ether oxygens (including phenoxy) is 2. The van der Waals surface area contributed by atoms with Gasteiger partial charge in [-0.3, -0.25) is 9.69 Å². The molecule has 2 aliphatic rings. The second kappa shape index (κ2) is 8.60. The Morgan fingerprint density at radius 1 is 1.24 bits per heavy atom. The van der Waals surface area contributed by atoms with Gasteiger partial charge in [0.2, 0.25) is 5.78 Å². The van der Waals surface area contributed by atoms with Gasteiger partial charge in [-0.25, -0.2) is 0 Å². The number of Topliss-reactive ketones (excluding diaryl/α,β-unsaturated/α-hetero) is 1. The molecule has 0 unspecified atom stereocenters. The first kappa shape index (κ1) is 21.6. The number of phenols is 1. The van der Waals surface area contributed by atoms with E-state index in [2.05, 4.69) is 23.3 Å². The lowest BCUT2D eigenvalue weighted by Crippen LogP contribution is -2.36.